The van der Waals surface area contributed by atoms with E-state index < -0.39 is 0 Å². The molecule has 46 heavy (non-hydrogen) atoms. The number of aromatic amines is 3. The number of hydrogen-bond donors (Lipinski definition) is 4. The Morgan fingerprint density at radius 1 is 0.848 bits per heavy atom. The molecule has 7 heterocycles. The third kappa shape index (κ3) is 5.09. The van der Waals surface area contributed by atoms with Crippen LogP contribution in [-0.2, 0) is 12.8 Å². The number of piperidine rings is 3. The van der Waals surface area contributed by atoms with Crippen molar-refractivity contribution in [2.45, 2.75) is 31.6 Å². The minimum Gasteiger partial charge on any atom is -0.497 e. The fourth-order valence-corrected chi connectivity index (χ4v) is 7.61. The van der Waals surface area contributed by atoms with Gasteiger partial charge in [-0.2, -0.15) is 0 Å². The lowest BCUT2D eigenvalue weighted by molar-refractivity contribution is 0.0877. The van der Waals surface area contributed by atoms with Crippen LogP contribution < -0.4 is 15.2 Å². The molecule has 9 heteroatoms. The summed E-state index contributed by atoms with van der Waals surface area (Å²) in [5.74, 6) is 3.84. The summed E-state index contributed by atoms with van der Waals surface area (Å²) in [6.07, 6.45) is 10.4. The summed E-state index contributed by atoms with van der Waals surface area (Å²) in [4.78, 5) is 17.7. The van der Waals surface area contributed by atoms with Gasteiger partial charge in [0.1, 0.15) is 17.0 Å². The van der Waals surface area contributed by atoms with Gasteiger partial charge in [-0.05, 0) is 104 Å². The molecule has 2 bridgehead atoms. The minimum absolute atomic E-state index is 0.582. The highest BCUT2D eigenvalue weighted by Crippen LogP contribution is 2.43. The van der Waals surface area contributed by atoms with Crippen molar-refractivity contribution in [3.05, 3.63) is 89.7 Å². The molecule has 3 saturated heterocycles. The van der Waals surface area contributed by atoms with Gasteiger partial charge in [-0.3, -0.25) is 0 Å². The van der Waals surface area contributed by atoms with E-state index in [1.165, 1.54) is 47.8 Å². The molecule has 3 aromatic carbocycles. The van der Waals surface area contributed by atoms with Crippen LogP contribution in [0.3, 0.4) is 0 Å². The summed E-state index contributed by atoms with van der Waals surface area (Å²) >= 11 is 0. The van der Waals surface area contributed by atoms with Gasteiger partial charge < -0.3 is 39.5 Å². The number of nitrogens with two attached hydrogens (primary N) is 1. The standard InChI is InChI=1S/C26H26N4O2.C11H14N2O/c1-31-17-2-3-21-18(11-17)16(12-27-21)10-24-29-26-23(32-24)5-4-22-25(26)19(13-28-22)20-14-30-8-6-15(20)7-9-30;1-14-9-2-3-10-8(4-5-12)7-13-11(10)6-9/h2-5,11-13,15,20,27-28H,6-10,14H2,1H3;2-3,6-7,13H,4-5,12H2,1H3. The van der Waals surface area contributed by atoms with E-state index in [4.69, 9.17) is 24.6 Å². The quantitative estimate of drug-likeness (QED) is 0.155. The number of rotatable bonds is 7. The third-order valence-electron chi connectivity index (χ3n) is 10.0. The number of H-pyrrole nitrogens is 3. The molecule has 1 unspecified atom stereocenters. The van der Waals surface area contributed by atoms with Crippen LogP contribution in [0.2, 0.25) is 0 Å². The number of nitrogens with zero attached hydrogens (tertiary/aromatic N) is 2. The van der Waals surface area contributed by atoms with Crippen LogP contribution in [-0.4, -0.2) is 65.2 Å². The smallest absolute Gasteiger partial charge is 0.200 e. The molecular weight excluding hydrogens is 576 g/mol. The molecule has 3 aliphatic rings. The van der Waals surface area contributed by atoms with Gasteiger partial charge in [-0.1, -0.05) is 0 Å². The third-order valence-corrected chi connectivity index (χ3v) is 10.0. The second-order valence-electron chi connectivity index (χ2n) is 12.6. The van der Waals surface area contributed by atoms with Gasteiger partial charge >= 0.3 is 0 Å². The van der Waals surface area contributed by atoms with E-state index in [1.54, 1.807) is 14.2 Å². The molecule has 1 atom stereocenters. The maximum absolute atomic E-state index is 6.25. The zero-order valence-corrected chi connectivity index (χ0v) is 26.4. The second kappa shape index (κ2) is 11.9. The van der Waals surface area contributed by atoms with Crippen molar-refractivity contribution in [1.29, 1.82) is 0 Å². The lowest BCUT2D eigenvalue weighted by Gasteiger charge is -2.44. The van der Waals surface area contributed by atoms with Gasteiger partial charge in [-0.15, -0.1) is 0 Å². The molecule has 0 radical (unpaired) electrons. The maximum atomic E-state index is 6.25. The highest BCUT2D eigenvalue weighted by Gasteiger charge is 2.36. The number of ether oxygens (including phenoxy) is 2. The van der Waals surface area contributed by atoms with Gasteiger partial charge in [-0.25, -0.2) is 4.98 Å². The topological polar surface area (TPSA) is 121 Å². The number of oxazole rings is 1. The predicted octanol–water partition coefficient (Wildman–Crippen LogP) is 6.88. The fourth-order valence-electron chi connectivity index (χ4n) is 7.61. The van der Waals surface area contributed by atoms with Crippen molar-refractivity contribution in [2.24, 2.45) is 11.7 Å². The Kier molecular flexibility index (Phi) is 7.42. The SMILES string of the molecule is COc1ccc2[nH]cc(Cc3nc4c(ccc5[nH]cc(C6CN7CCC6CC7)c54)o3)c2c1.COc1ccc2c(CCN)c[nH]c2c1. The number of aromatic nitrogens is 4. The van der Waals surface area contributed by atoms with Crippen molar-refractivity contribution < 1.29 is 13.9 Å². The average Bonchev–Trinajstić information content (AvgIpc) is 3.90. The molecule has 0 aliphatic carbocycles. The molecule has 3 aliphatic heterocycles. The Labute approximate surface area is 267 Å². The van der Waals surface area contributed by atoms with E-state index >= 15 is 0 Å². The lowest BCUT2D eigenvalue weighted by atomic mass is 9.75. The first-order valence-corrected chi connectivity index (χ1v) is 16.2. The Morgan fingerprint density at radius 3 is 2.37 bits per heavy atom. The summed E-state index contributed by atoms with van der Waals surface area (Å²) in [6, 6.07) is 16.3. The number of nitrogens with one attached hydrogen (secondary N) is 3. The first kappa shape index (κ1) is 28.7. The van der Waals surface area contributed by atoms with Crippen LogP contribution in [0.25, 0.3) is 43.8 Å². The molecule has 236 valence electrons. The van der Waals surface area contributed by atoms with Crippen molar-refractivity contribution in [3.63, 3.8) is 0 Å². The highest BCUT2D eigenvalue weighted by molar-refractivity contribution is 6.04. The van der Waals surface area contributed by atoms with Crippen LogP contribution in [0.1, 0.15) is 41.3 Å². The van der Waals surface area contributed by atoms with Gasteiger partial charge in [0.05, 0.1) is 20.6 Å². The molecule has 10 rings (SSSR count). The van der Waals surface area contributed by atoms with Gasteiger partial charge in [0.15, 0.2) is 11.5 Å². The Morgan fingerprint density at radius 2 is 1.59 bits per heavy atom. The van der Waals surface area contributed by atoms with Crippen molar-refractivity contribution in [3.8, 4) is 11.5 Å². The first-order chi connectivity index (χ1) is 22.6. The summed E-state index contributed by atoms with van der Waals surface area (Å²) in [5, 5.41) is 3.62. The van der Waals surface area contributed by atoms with Gasteiger partial charge in [0, 0.05) is 69.8 Å². The number of fused-ring (bicyclic) bond motifs is 8. The number of hydrogen-bond acceptors (Lipinski definition) is 6. The summed E-state index contributed by atoms with van der Waals surface area (Å²) < 4.78 is 16.8. The van der Waals surface area contributed by atoms with E-state index in [0.29, 0.717) is 18.9 Å². The van der Waals surface area contributed by atoms with Crippen molar-refractivity contribution >= 4 is 43.8 Å². The van der Waals surface area contributed by atoms with E-state index in [9.17, 15) is 0 Å². The highest BCUT2D eigenvalue weighted by atomic mass is 16.5. The van der Waals surface area contributed by atoms with E-state index in [2.05, 4.69) is 44.2 Å². The average molecular weight is 617 g/mol. The van der Waals surface area contributed by atoms with Crippen molar-refractivity contribution in [1.82, 2.24) is 24.8 Å². The molecule has 5 N–H and O–H groups in total. The summed E-state index contributed by atoms with van der Waals surface area (Å²) in [6.45, 7) is 4.35. The normalized spacial score (nSPS) is 19.2. The minimum atomic E-state index is 0.582. The molecular formula is C37H40N6O3. The van der Waals surface area contributed by atoms with Crippen LogP contribution in [0, 0.1) is 5.92 Å². The molecule has 0 saturated carbocycles. The molecule has 9 nitrogen and oxygen atoms in total. The molecule has 3 fully saturated rings. The van der Waals surface area contributed by atoms with Gasteiger partial charge in [0.2, 0.25) is 0 Å². The molecule has 4 aromatic heterocycles. The van der Waals surface area contributed by atoms with E-state index in [0.717, 1.165) is 74.9 Å². The van der Waals surface area contributed by atoms with E-state index in [-0.39, 0.29) is 0 Å². The lowest BCUT2D eigenvalue weighted by Crippen LogP contribution is -2.46. The molecule has 0 amide bonds. The molecule has 7 aromatic rings. The Balaban J connectivity index is 0.000000187. The largest absolute Gasteiger partial charge is 0.497 e. The monoisotopic (exact) mass is 616 g/mol. The number of methoxy groups -OCH3 is 2. The van der Waals surface area contributed by atoms with E-state index in [1.807, 2.05) is 42.7 Å². The van der Waals surface area contributed by atoms with Crippen LogP contribution in [0.4, 0.5) is 0 Å². The second-order valence-corrected chi connectivity index (χ2v) is 12.6. The maximum Gasteiger partial charge on any atom is 0.200 e. The summed E-state index contributed by atoms with van der Waals surface area (Å²) in [7, 11) is 3.37. The van der Waals surface area contributed by atoms with Crippen molar-refractivity contribution in [2.75, 3.05) is 40.4 Å². The van der Waals surface area contributed by atoms with Crippen LogP contribution in [0.15, 0.2) is 71.5 Å². The predicted molar refractivity (Wildman–Crippen MR) is 183 cm³/mol. The Bertz CT molecular complexity index is 2140. The van der Waals surface area contributed by atoms with Crippen LogP contribution >= 0.6 is 0 Å². The zero-order chi connectivity index (χ0) is 31.2. The Hall–Kier alpha value is -4.73. The van der Waals surface area contributed by atoms with Gasteiger partial charge in [0.25, 0.3) is 0 Å². The zero-order valence-electron chi connectivity index (χ0n) is 26.4. The fraction of sp³-hybridized carbons (Fsp3) is 0.324. The first-order valence-electron chi connectivity index (χ1n) is 16.2. The number of benzene rings is 3. The summed E-state index contributed by atoms with van der Waals surface area (Å²) in [5.41, 5.74) is 14.6. The molecule has 0 spiro atoms. The van der Waals surface area contributed by atoms with Crippen LogP contribution in [0.5, 0.6) is 11.5 Å².